The number of benzene rings is 1. The SMILES string of the molecule is CCC(NC(=O)CSc1cn(C)c2ccccc12)c1ncnn1C. The minimum Gasteiger partial charge on any atom is -0.349 e. The summed E-state index contributed by atoms with van der Waals surface area (Å²) in [6.07, 6.45) is 4.36. The quantitative estimate of drug-likeness (QED) is 0.699. The Hall–Kier alpha value is -2.28. The molecule has 0 fully saturated rings. The Morgan fingerprint density at radius 2 is 2.12 bits per heavy atom. The van der Waals surface area contributed by atoms with Crippen LogP contribution in [0.2, 0.25) is 0 Å². The molecule has 7 heteroatoms. The van der Waals surface area contributed by atoms with Crippen LogP contribution in [0.3, 0.4) is 0 Å². The second-order valence-electron chi connectivity index (χ2n) is 5.68. The number of carbonyl (C=O) groups excluding carboxylic acids is 1. The molecule has 1 N–H and O–H groups in total. The molecule has 0 aliphatic heterocycles. The van der Waals surface area contributed by atoms with E-state index in [1.54, 1.807) is 16.4 Å². The molecule has 0 saturated carbocycles. The van der Waals surface area contributed by atoms with E-state index in [1.807, 2.05) is 33.2 Å². The lowest BCUT2D eigenvalue weighted by molar-refractivity contribution is -0.119. The summed E-state index contributed by atoms with van der Waals surface area (Å²) < 4.78 is 3.79. The van der Waals surface area contributed by atoms with Crippen molar-refractivity contribution in [3.63, 3.8) is 0 Å². The van der Waals surface area contributed by atoms with Crippen LogP contribution in [0, 0.1) is 0 Å². The number of hydrogen-bond donors (Lipinski definition) is 1. The van der Waals surface area contributed by atoms with E-state index in [2.05, 4.69) is 38.3 Å². The maximum Gasteiger partial charge on any atom is 0.230 e. The molecule has 0 radical (unpaired) electrons. The van der Waals surface area contributed by atoms with E-state index in [1.165, 1.54) is 17.2 Å². The fourth-order valence-electron chi connectivity index (χ4n) is 2.77. The van der Waals surface area contributed by atoms with Crippen LogP contribution in [0.15, 0.2) is 41.7 Å². The van der Waals surface area contributed by atoms with Crippen LogP contribution in [-0.2, 0) is 18.9 Å². The molecule has 3 rings (SSSR count). The molecule has 3 aromatic rings. The number of hydrogen-bond acceptors (Lipinski definition) is 4. The highest BCUT2D eigenvalue weighted by atomic mass is 32.2. The van der Waals surface area contributed by atoms with E-state index in [0.717, 1.165) is 17.1 Å². The predicted molar refractivity (Wildman–Crippen MR) is 95.8 cm³/mol. The van der Waals surface area contributed by atoms with E-state index in [4.69, 9.17) is 0 Å². The van der Waals surface area contributed by atoms with Gasteiger partial charge in [-0.25, -0.2) is 4.98 Å². The number of nitrogens with one attached hydrogen (secondary N) is 1. The van der Waals surface area contributed by atoms with E-state index >= 15 is 0 Å². The van der Waals surface area contributed by atoms with Crippen molar-refractivity contribution >= 4 is 28.6 Å². The minimum absolute atomic E-state index is 0.00258. The van der Waals surface area contributed by atoms with Crippen LogP contribution in [-0.4, -0.2) is 31.0 Å². The highest BCUT2D eigenvalue weighted by molar-refractivity contribution is 8.00. The molecule has 24 heavy (non-hydrogen) atoms. The third-order valence-electron chi connectivity index (χ3n) is 4.02. The van der Waals surface area contributed by atoms with E-state index in [0.29, 0.717) is 5.75 Å². The summed E-state index contributed by atoms with van der Waals surface area (Å²) in [6.45, 7) is 2.03. The summed E-state index contributed by atoms with van der Waals surface area (Å²) in [5, 5.41) is 8.29. The van der Waals surface area contributed by atoms with Crippen LogP contribution in [0.5, 0.6) is 0 Å². The van der Waals surface area contributed by atoms with Crippen molar-refractivity contribution in [1.82, 2.24) is 24.6 Å². The van der Waals surface area contributed by atoms with Gasteiger partial charge in [-0.15, -0.1) is 11.8 Å². The third kappa shape index (κ3) is 3.31. The van der Waals surface area contributed by atoms with Gasteiger partial charge >= 0.3 is 0 Å². The number of thioether (sulfide) groups is 1. The Morgan fingerprint density at radius 1 is 1.33 bits per heavy atom. The van der Waals surface area contributed by atoms with Crippen LogP contribution in [0.1, 0.15) is 25.2 Å². The fourth-order valence-corrected chi connectivity index (χ4v) is 3.70. The Bertz CT molecular complexity index is 854. The van der Waals surface area contributed by atoms with Gasteiger partial charge in [-0.2, -0.15) is 5.10 Å². The maximum absolute atomic E-state index is 12.3. The number of carbonyl (C=O) groups is 1. The van der Waals surface area contributed by atoms with Crippen molar-refractivity contribution in [3.8, 4) is 0 Å². The van der Waals surface area contributed by atoms with Crippen molar-refractivity contribution in [2.45, 2.75) is 24.3 Å². The molecule has 0 saturated heterocycles. The number of amides is 1. The number of rotatable bonds is 6. The number of para-hydroxylation sites is 1. The van der Waals surface area contributed by atoms with Crippen LogP contribution >= 0.6 is 11.8 Å². The first-order chi connectivity index (χ1) is 11.6. The smallest absolute Gasteiger partial charge is 0.230 e. The van der Waals surface area contributed by atoms with Gasteiger partial charge in [0.05, 0.1) is 11.8 Å². The van der Waals surface area contributed by atoms with Gasteiger partial charge in [0.2, 0.25) is 5.91 Å². The van der Waals surface area contributed by atoms with Crippen LogP contribution in [0.25, 0.3) is 10.9 Å². The Labute approximate surface area is 145 Å². The largest absolute Gasteiger partial charge is 0.349 e. The van der Waals surface area contributed by atoms with Crippen molar-refractivity contribution < 1.29 is 4.79 Å². The first kappa shape index (κ1) is 16.6. The van der Waals surface area contributed by atoms with Crippen LogP contribution < -0.4 is 5.32 Å². The molecule has 1 unspecified atom stereocenters. The lowest BCUT2D eigenvalue weighted by Crippen LogP contribution is -2.31. The van der Waals surface area contributed by atoms with E-state index in [-0.39, 0.29) is 11.9 Å². The number of nitrogens with zero attached hydrogens (tertiary/aromatic N) is 4. The van der Waals surface area contributed by atoms with E-state index in [9.17, 15) is 4.79 Å². The highest BCUT2D eigenvalue weighted by Crippen LogP contribution is 2.29. The molecule has 1 aromatic carbocycles. The highest BCUT2D eigenvalue weighted by Gasteiger charge is 2.17. The van der Waals surface area contributed by atoms with Crippen LogP contribution in [0.4, 0.5) is 0 Å². The lowest BCUT2D eigenvalue weighted by atomic mass is 10.2. The molecule has 1 amide bonds. The molecule has 0 bridgehead atoms. The second kappa shape index (κ2) is 7.09. The Balaban J connectivity index is 1.65. The first-order valence-electron chi connectivity index (χ1n) is 7.90. The van der Waals surface area contributed by atoms with Gasteiger partial charge in [-0.1, -0.05) is 25.1 Å². The van der Waals surface area contributed by atoms with Gasteiger partial charge in [-0.3, -0.25) is 9.48 Å². The molecule has 0 spiro atoms. The zero-order valence-corrected chi connectivity index (χ0v) is 14.9. The average Bonchev–Trinajstić information content (AvgIpc) is 3.15. The van der Waals surface area contributed by atoms with E-state index < -0.39 is 0 Å². The molecular weight excluding hydrogens is 322 g/mol. The molecule has 1 atom stereocenters. The summed E-state index contributed by atoms with van der Waals surface area (Å²) in [6, 6.07) is 8.10. The molecule has 2 heterocycles. The van der Waals surface area contributed by atoms with Gasteiger partial charge in [-0.05, 0) is 12.5 Å². The topological polar surface area (TPSA) is 64.7 Å². The summed E-state index contributed by atoms with van der Waals surface area (Å²) in [5.74, 6) is 1.16. The summed E-state index contributed by atoms with van der Waals surface area (Å²) >= 11 is 1.56. The third-order valence-corrected chi connectivity index (χ3v) is 5.06. The average molecular weight is 343 g/mol. The van der Waals surface area contributed by atoms with Crippen molar-refractivity contribution in [2.75, 3.05) is 5.75 Å². The Morgan fingerprint density at radius 3 is 2.83 bits per heavy atom. The van der Waals surface area contributed by atoms with Crippen molar-refractivity contribution in [1.29, 1.82) is 0 Å². The standard InChI is InChI=1S/C17H21N5OS/c1-4-13(17-18-11-19-22(17)3)20-16(23)10-24-15-9-21(2)14-8-6-5-7-12(14)15/h5-9,11,13H,4,10H2,1-3H3,(H,20,23). The van der Waals surface area contributed by atoms with Crippen molar-refractivity contribution in [2.24, 2.45) is 14.1 Å². The molecular formula is C17H21N5OS. The number of aryl methyl sites for hydroxylation is 2. The predicted octanol–water partition coefficient (Wildman–Crippen LogP) is 2.67. The fraction of sp³-hybridized carbons (Fsp3) is 0.353. The molecule has 0 aliphatic rings. The summed E-state index contributed by atoms with van der Waals surface area (Å²) in [4.78, 5) is 17.7. The monoisotopic (exact) mass is 343 g/mol. The molecule has 126 valence electrons. The van der Waals surface area contributed by atoms with Gasteiger partial charge in [0, 0.05) is 36.1 Å². The Kier molecular flexibility index (Phi) is 4.89. The molecule has 6 nitrogen and oxygen atoms in total. The van der Waals surface area contributed by atoms with Crippen molar-refractivity contribution in [3.05, 3.63) is 42.6 Å². The zero-order chi connectivity index (χ0) is 17.1. The number of aromatic nitrogens is 4. The summed E-state index contributed by atoms with van der Waals surface area (Å²) in [5.41, 5.74) is 1.17. The molecule has 0 aliphatic carbocycles. The minimum atomic E-state index is -0.113. The first-order valence-corrected chi connectivity index (χ1v) is 8.88. The number of fused-ring (bicyclic) bond motifs is 1. The maximum atomic E-state index is 12.3. The molecule has 2 aromatic heterocycles. The zero-order valence-electron chi connectivity index (χ0n) is 14.1. The van der Waals surface area contributed by atoms with Gasteiger partial charge in [0.25, 0.3) is 0 Å². The van der Waals surface area contributed by atoms with Gasteiger partial charge in [0.1, 0.15) is 12.2 Å². The van der Waals surface area contributed by atoms with Gasteiger partial charge < -0.3 is 9.88 Å². The lowest BCUT2D eigenvalue weighted by Gasteiger charge is -2.15. The summed E-state index contributed by atoms with van der Waals surface area (Å²) in [7, 11) is 3.86. The van der Waals surface area contributed by atoms with Gasteiger partial charge in [0.15, 0.2) is 0 Å². The normalized spacial score (nSPS) is 12.5. The second-order valence-corrected chi connectivity index (χ2v) is 6.70.